The molecule has 0 bridgehead atoms. The van der Waals surface area contributed by atoms with Gasteiger partial charge in [-0.3, -0.25) is 0 Å². The van der Waals surface area contributed by atoms with Crippen LogP contribution >= 0.6 is 15.9 Å². The summed E-state index contributed by atoms with van der Waals surface area (Å²) in [6, 6.07) is 3.18. The fourth-order valence-corrected chi connectivity index (χ4v) is 1.69. The van der Waals surface area contributed by atoms with Gasteiger partial charge in [0.2, 0.25) is 0 Å². The first-order chi connectivity index (χ1) is 6.27. The van der Waals surface area contributed by atoms with Crippen molar-refractivity contribution >= 4 is 15.9 Å². The van der Waals surface area contributed by atoms with Crippen LogP contribution in [0.1, 0.15) is 5.56 Å². The van der Waals surface area contributed by atoms with Gasteiger partial charge in [0.05, 0.1) is 4.47 Å². The summed E-state index contributed by atoms with van der Waals surface area (Å²) in [7, 11) is 0. The maximum absolute atomic E-state index is 13.1. The van der Waals surface area contributed by atoms with Crippen molar-refractivity contribution in [1.29, 1.82) is 0 Å². The molecule has 1 aromatic rings. The number of nitrogens with one attached hydrogen (secondary N) is 1. The van der Waals surface area contributed by atoms with E-state index in [0.29, 0.717) is 16.8 Å². The Morgan fingerprint density at radius 3 is 3.15 bits per heavy atom. The molecule has 0 saturated heterocycles. The molecule has 2 nitrogen and oxygen atoms in total. The number of fused-ring (bicyclic) bond motifs is 1. The first kappa shape index (κ1) is 8.97. The zero-order chi connectivity index (χ0) is 9.26. The van der Waals surface area contributed by atoms with Gasteiger partial charge in [0.1, 0.15) is 18.2 Å². The molecule has 1 N–H and O–H groups in total. The van der Waals surface area contributed by atoms with Crippen molar-refractivity contribution in [3.63, 3.8) is 0 Å². The number of benzene rings is 1. The van der Waals surface area contributed by atoms with Crippen molar-refractivity contribution in [2.24, 2.45) is 0 Å². The molecule has 0 radical (unpaired) electrons. The van der Waals surface area contributed by atoms with Gasteiger partial charge >= 0.3 is 0 Å². The molecule has 13 heavy (non-hydrogen) atoms. The van der Waals surface area contributed by atoms with Crippen molar-refractivity contribution in [1.82, 2.24) is 5.32 Å². The van der Waals surface area contributed by atoms with Gasteiger partial charge < -0.3 is 10.1 Å². The van der Waals surface area contributed by atoms with Gasteiger partial charge in [0.25, 0.3) is 0 Å². The van der Waals surface area contributed by atoms with Gasteiger partial charge in [-0.15, -0.1) is 0 Å². The van der Waals surface area contributed by atoms with Crippen LogP contribution in [0.15, 0.2) is 16.6 Å². The summed E-state index contributed by atoms with van der Waals surface area (Å²) in [6.07, 6.45) is 0. The minimum atomic E-state index is -0.277. The third-order valence-corrected chi connectivity index (χ3v) is 2.56. The lowest BCUT2D eigenvalue weighted by Gasteiger charge is -2.06. The highest BCUT2D eigenvalue weighted by Gasteiger charge is 2.11. The minimum absolute atomic E-state index is 0.277. The first-order valence-electron chi connectivity index (χ1n) is 4.09. The molecule has 1 aromatic carbocycles. The molecule has 0 aromatic heterocycles. The lowest BCUT2D eigenvalue weighted by molar-refractivity contribution is 0.324. The van der Waals surface area contributed by atoms with Crippen molar-refractivity contribution in [3.05, 3.63) is 28.0 Å². The predicted molar refractivity (Wildman–Crippen MR) is 51.3 cm³/mol. The van der Waals surface area contributed by atoms with Crippen LogP contribution in [-0.2, 0) is 6.54 Å². The maximum atomic E-state index is 13.1. The maximum Gasteiger partial charge on any atom is 0.141 e. The van der Waals surface area contributed by atoms with E-state index in [1.807, 2.05) is 0 Å². The average Bonchev–Trinajstić information content (AvgIpc) is 2.31. The van der Waals surface area contributed by atoms with Crippen molar-refractivity contribution in [2.75, 3.05) is 13.2 Å². The molecule has 0 spiro atoms. The van der Waals surface area contributed by atoms with Gasteiger partial charge in [-0.1, -0.05) is 0 Å². The summed E-state index contributed by atoms with van der Waals surface area (Å²) >= 11 is 3.14. The van der Waals surface area contributed by atoms with Gasteiger partial charge in [0.15, 0.2) is 0 Å². The average molecular weight is 246 g/mol. The third kappa shape index (κ3) is 1.84. The van der Waals surface area contributed by atoms with Crippen molar-refractivity contribution in [2.45, 2.75) is 6.54 Å². The standard InChI is InChI=1S/C9H9BrFNO/c10-7-3-6-5-12-1-2-13-9(6)4-8(7)11/h3-4,12H,1-2,5H2. The smallest absolute Gasteiger partial charge is 0.141 e. The van der Waals surface area contributed by atoms with Crippen molar-refractivity contribution in [3.8, 4) is 5.75 Å². The number of ether oxygens (including phenoxy) is 1. The Hall–Kier alpha value is -0.610. The van der Waals surface area contributed by atoms with Crippen molar-refractivity contribution < 1.29 is 9.13 Å². The summed E-state index contributed by atoms with van der Waals surface area (Å²) in [5.74, 6) is 0.367. The van der Waals surface area contributed by atoms with Crippen LogP contribution in [0.2, 0.25) is 0 Å². The topological polar surface area (TPSA) is 21.3 Å². The third-order valence-electron chi connectivity index (χ3n) is 1.96. The van der Waals surface area contributed by atoms with E-state index >= 15 is 0 Å². The quantitative estimate of drug-likeness (QED) is 0.756. The summed E-state index contributed by atoms with van der Waals surface area (Å²) in [5.41, 5.74) is 0.991. The SMILES string of the molecule is Fc1cc2c(cc1Br)CNCCO2. The molecule has 1 aliphatic heterocycles. The van der Waals surface area contributed by atoms with Gasteiger partial charge in [-0.05, 0) is 22.0 Å². The number of hydrogen-bond donors (Lipinski definition) is 1. The summed E-state index contributed by atoms with van der Waals surface area (Å²) < 4.78 is 18.9. The van der Waals surface area contributed by atoms with E-state index in [1.165, 1.54) is 6.07 Å². The van der Waals surface area contributed by atoms with E-state index in [2.05, 4.69) is 21.2 Å². The highest BCUT2D eigenvalue weighted by Crippen LogP contribution is 2.27. The van der Waals surface area contributed by atoms with Crippen LogP contribution in [0.5, 0.6) is 5.75 Å². The molecule has 0 unspecified atom stereocenters. The van der Waals surface area contributed by atoms with Crippen LogP contribution < -0.4 is 10.1 Å². The number of halogens is 2. The highest BCUT2D eigenvalue weighted by molar-refractivity contribution is 9.10. The number of rotatable bonds is 0. The normalized spacial score (nSPS) is 15.8. The molecule has 1 aliphatic rings. The minimum Gasteiger partial charge on any atom is -0.492 e. The lowest BCUT2D eigenvalue weighted by Crippen LogP contribution is -2.16. The molecule has 4 heteroatoms. The number of hydrogen-bond acceptors (Lipinski definition) is 2. The second-order valence-electron chi connectivity index (χ2n) is 2.90. The molecular weight excluding hydrogens is 237 g/mol. The fraction of sp³-hybridized carbons (Fsp3) is 0.333. The molecule has 2 rings (SSSR count). The molecule has 1 heterocycles. The molecule has 0 atom stereocenters. The largest absolute Gasteiger partial charge is 0.492 e. The Bertz CT molecular complexity index is 299. The lowest BCUT2D eigenvalue weighted by atomic mass is 10.2. The van der Waals surface area contributed by atoms with E-state index in [-0.39, 0.29) is 5.82 Å². The highest BCUT2D eigenvalue weighted by atomic mass is 79.9. The molecule has 0 amide bonds. The van der Waals surface area contributed by atoms with Gasteiger partial charge in [-0.25, -0.2) is 4.39 Å². The first-order valence-corrected chi connectivity index (χ1v) is 4.88. The summed E-state index contributed by atoms with van der Waals surface area (Å²) in [5, 5.41) is 3.18. The Balaban J connectivity index is 2.43. The van der Waals surface area contributed by atoms with E-state index in [1.54, 1.807) is 6.07 Å². The van der Waals surface area contributed by atoms with E-state index in [9.17, 15) is 4.39 Å². The van der Waals surface area contributed by atoms with Gasteiger partial charge in [0, 0.05) is 24.7 Å². The van der Waals surface area contributed by atoms with E-state index in [4.69, 9.17) is 4.74 Å². The Kier molecular flexibility index (Phi) is 2.51. The second kappa shape index (κ2) is 3.64. The predicted octanol–water partition coefficient (Wildman–Crippen LogP) is 2.07. The monoisotopic (exact) mass is 245 g/mol. The van der Waals surface area contributed by atoms with Crippen LogP contribution in [-0.4, -0.2) is 13.2 Å². The van der Waals surface area contributed by atoms with E-state index in [0.717, 1.165) is 18.7 Å². The van der Waals surface area contributed by atoms with Crippen LogP contribution in [0.25, 0.3) is 0 Å². The molecular formula is C9H9BrFNO. The molecule has 0 fully saturated rings. The van der Waals surface area contributed by atoms with Crippen LogP contribution in [0.4, 0.5) is 4.39 Å². The molecule has 0 saturated carbocycles. The Labute approximate surface area is 84.2 Å². The molecule has 70 valence electrons. The zero-order valence-corrected chi connectivity index (χ0v) is 8.53. The second-order valence-corrected chi connectivity index (χ2v) is 3.75. The summed E-state index contributed by atoms with van der Waals surface area (Å²) in [6.45, 7) is 2.12. The molecule has 0 aliphatic carbocycles. The van der Waals surface area contributed by atoms with Crippen LogP contribution in [0.3, 0.4) is 0 Å². The summed E-state index contributed by atoms with van der Waals surface area (Å²) in [4.78, 5) is 0. The van der Waals surface area contributed by atoms with Gasteiger partial charge in [-0.2, -0.15) is 0 Å². The Morgan fingerprint density at radius 1 is 1.46 bits per heavy atom. The van der Waals surface area contributed by atoms with Crippen LogP contribution in [0, 0.1) is 5.82 Å². The Morgan fingerprint density at radius 2 is 2.31 bits per heavy atom. The zero-order valence-electron chi connectivity index (χ0n) is 6.94. The van der Waals surface area contributed by atoms with E-state index < -0.39 is 0 Å². The fourth-order valence-electron chi connectivity index (χ4n) is 1.30.